The normalized spacial score (nSPS) is 25.8. The number of anilines is 3. The van der Waals surface area contributed by atoms with Crippen molar-refractivity contribution < 1.29 is 0 Å². The molecule has 7 aliphatic rings. The molecule has 4 fully saturated rings. The Morgan fingerprint density at radius 2 is 1.28 bits per heavy atom. The van der Waals surface area contributed by atoms with Crippen molar-refractivity contribution in [1.29, 1.82) is 0 Å². The first kappa shape index (κ1) is 31.6. The molecule has 2 heteroatoms. The zero-order valence-electron chi connectivity index (χ0n) is 32.4. The second kappa shape index (κ2) is 10.7. The van der Waals surface area contributed by atoms with Gasteiger partial charge in [0.1, 0.15) is 0 Å². The lowest BCUT2D eigenvalue weighted by Crippen LogP contribution is -2.54. The van der Waals surface area contributed by atoms with E-state index in [0.717, 1.165) is 29.6 Å². The lowest BCUT2D eigenvalue weighted by molar-refractivity contribution is -0.0431. The highest BCUT2D eigenvalue weighted by Gasteiger charge is 2.69. The van der Waals surface area contributed by atoms with Gasteiger partial charge in [0.15, 0.2) is 0 Å². The molecule has 0 saturated heterocycles. The average molecular weight is 750 g/mol. The van der Waals surface area contributed by atoms with Crippen LogP contribution in [0.1, 0.15) is 73.3 Å². The molecule has 57 heavy (non-hydrogen) atoms. The second-order valence-electron chi connectivity index (χ2n) is 18.9. The summed E-state index contributed by atoms with van der Waals surface area (Å²) >= 11 is 1.89. The minimum Gasteiger partial charge on any atom is -0.310 e. The third-order valence-electron chi connectivity index (χ3n) is 16.1. The highest BCUT2D eigenvalue weighted by atomic mass is 32.1. The molecular formula is C55H43NS. The highest BCUT2D eigenvalue weighted by molar-refractivity contribution is 7.25. The lowest BCUT2D eigenvalue weighted by Gasteiger charge is -2.60. The van der Waals surface area contributed by atoms with E-state index in [0.29, 0.717) is 0 Å². The van der Waals surface area contributed by atoms with Gasteiger partial charge in [-0.25, -0.2) is 0 Å². The van der Waals surface area contributed by atoms with E-state index in [2.05, 4.69) is 164 Å². The molecule has 1 heterocycles. The SMILES string of the molecule is CC1(C)c2ccccc2-c2ccc(N(c3ccc(-c4ccc5c(c4)-c4cccc6c4C54C5CC7CC(C5)C6C4C7)cc3)c3ccc4c(c3)sc3ccccc34)cc21. The van der Waals surface area contributed by atoms with Crippen LogP contribution in [0.2, 0.25) is 0 Å². The molecule has 1 aromatic heterocycles. The Hall–Kier alpha value is -5.44. The number of hydrogen-bond acceptors (Lipinski definition) is 2. The van der Waals surface area contributed by atoms with E-state index in [1.165, 1.54) is 102 Å². The zero-order chi connectivity index (χ0) is 37.4. The largest absolute Gasteiger partial charge is 0.310 e. The first-order valence-electron chi connectivity index (χ1n) is 21.3. The van der Waals surface area contributed by atoms with Crippen molar-refractivity contribution in [2.24, 2.45) is 23.7 Å². The molecule has 0 N–H and O–H groups in total. The van der Waals surface area contributed by atoms with Gasteiger partial charge >= 0.3 is 0 Å². The Labute approximate surface area is 338 Å². The third-order valence-corrected chi connectivity index (χ3v) is 17.3. The summed E-state index contributed by atoms with van der Waals surface area (Å²) < 4.78 is 2.66. The number of hydrogen-bond donors (Lipinski definition) is 0. The molecule has 15 rings (SSSR count). The van der Waals surface area contributed by atoms with Gasteiger partial charge in [-0.2, -0.15) is 0 Å². The monoisotopic (exact) mass is 749 g/mol. The smallest absolute Gasteiger partial charge is 0.0476 e. The molecule has 274 valence electrons. The summed E-state index contributed by atoms with van der Waals surface area (Å²) in [5.41, 5.74) is 20.1. The van der Waals surface area contributed by atoms with E-state index in [9.17, 15) is 0 Å². The van der Waals surface area contributed by atoms with Gasteiger partial charge in [-0.15, -0.1) is 11.3 Å². The second-order valence-corrected chi connectivity index (χ2v) is 19.9. The number of thiophene rings is 1. The minimum absolute atomic E-state index is 0.0729. The molecule has 1 spiro atoms. The number of benzene rings is 7. The van der Waals surface area contributed by atoms with Gasteiger partial charge in [-0.3, -0.25) is 0 Å². The first-order chi connectivity index (χ1) is 28.0. The fraction of sp³-hybridized carbons (Fsp3) is 0.236. The van der Waals surface area contributed by atoms with E-state index < -0.39 is 0 Å². The van der Waals surface area contributed by atoms with Crippen LogP contribution in [0.3, 0.4) is 0 Å². The number of nitrogens with zero attached hydrogens (tertiary/aromatic N) is 1. The molecule has 6 bridgehead atoms. The fourth-order valence-electron chi connectivity index (χ4n) is 14.1. The van der Waals surface area contributed by atoms with Gasteiger partial charge in [0.05, 0.1) is 0 Å². The summed E-state index contributed by atoms with van der Waals surface area (Å²) in [6.07, 6.45) is 5.80. The summed E-state index contributed by atoms with van der Waals surface area (Å²) in [6, 6.07) is 56.4. The van der Waals surface area contributed by atoms with Gasteiger partial charge in [0.25, 0.3) is 0 Å². The Bertz CT molecular complexity index is 3050. The fourth-order valence-corrected chi connectivity index (χ4v) is 15.3. The van der Waals surface area contributed by atoms with Crippen molar-refractivity contribution in [3.8, 4) is 33.4 Å². The summed E-state index contributed by atoms with van der Waals surface area (Å²) in [5.74, 6) is 4.31. The van der Waals surface area contributed by atoms with Crippen LogP contribution in [0, 0.1) is 23.7 Å². The van der Waals surface area contributed by atoms with Crippen LogP contribution in [0.4, 0.5) is 17.1 Å². The molecule has 0 radical (unpaired) electrons. The molecule has 4 saturated carbocycles. The standard InChI is InChI=1S/C55H43NS/c1-54(2)46-12-5-3-8-39(46)40-21-19-37(29-48(40)54)56(38-20-22-42-41-9-4-6-13-50(41)57-51(42)30-38)36-17-14-32(15-18-36)33-16-23-47-45(28-33)43-10-7-11-44-52-34-24-31-25-35(27-34)55(47,53(43)44)49(52)26-31/h3-23,28-31,34-35,49,52H,24-27H2,1-2H3. The first-order valence-corrected chi connectivity index (χ1v) is 22.1. The molecule has 6 atom stereocenters. The van der Waals surface area contributed by atoms with Gasteiger partial charge in [0, 0.05) is 48.1 Å². The van der Waals surface area contributed by atoms with Crippen molar-refractivity contribution in [2.45, 2.75) is 56.3 Å². The Morgan fingerprint density at radius 1 is 0.526 bits per heavy atom. The van der Waals surface area contributed by atoms with Gasteiger partial charge < -0.3 is 4.90 Å². The number of fused-ring (bicyclic) bond motifs is 8. The summed E-state index contributed by atoms with van der Waals surface area (Å²) in [7, 11) is 0. The Morgan fingerprint density at radius 3 is 2.21 bits per heavy atom. The summed E-state index contributed by atoms with van der Waals surface area (Å²) in [4.78, 5) is 2.48. The van der Waals surface area contributed by atoms with Crippen LogP contribution in [0.5, 0.6) is 0 Å². The average Bonchev–Trinajstić information content (AvgIpc) is 3.91. The van der Waals surface area contributed by atoms with E-state index >= 15 is 0 Å². The molecular weight excluding hydrogens is 707 g/mol. The van der Waals surface area contributed by atoms with Crippen LogP contribution in [0.15, 0.2) is 146 Å². The van der Waals surface area contributed by atoms with Crippen LogP contribution >= 0.6 is 11.3 Å². The molecule has 0 aliphatic heterocycles. The lowest BCUT2D eigenvalue weighted by atomic mass is 9.43. The summed E-state index contributed by atoms with van der Waals surface area (Å²) in [5, 5.41) is 2.67. The predicted octanol–water partition coefficient (Wildman–Crippen LogP) is 14.9. The zero-order valence-corrected chi connectivity index (χ0v) is 33.2. The Kier molecular flexibility index (Phi) is 5.96. The third kappa shape index (κ3) is 3.87. The van der Waals surface area contributed by atoms with Crippen molar-refractivity contribution in [1.82, 2.24) is 0 Å². The van der Waals surface area contributed by atoms with Crippen LogP contribution in [-0.4, -0.2) is 0 Å². The van der Waals surface area contributed by atoms with Gasteiger partial charge in [0.2, 0.25) is 0 Å². The molecule has 1 nitrogen and oxygen atoms in total. The predicted molar refractivity (Wildman–Crippen MR) is 238 cm³/mol. The van der Waals surface area contributed by atoms with E-state index in [-0.39, 0.29) is 10.8 Å². The van der Waals surface area contributed by atoms with Crippen LogP contribution in [0.25, 0.3) is 53.6 Å². The van der Waals surface area contributed by atoms with E-state index in [1.54, 1.807) is 22.3 Å². The van der Waals surface area contributed by atoms with E-state index in [4.69, 9.17) is 0 Å². The molecule has 8 aromatic rings. The Balaban J connectivity index is 0.891. The maximum atomic E-state index is 2.57. The molecule has 0 amide bonds. The molecule has 7 aromatic carbocycles. The van der Waals surface area contributed by atoms with Crippen molar-refractivity contribution in [2.75, 3.05) is 4.90 Å². The maximum Gasteiger partial charge on any atom is 0.0476 e. The van der Waals surface area contributed by atoms with E-state index in [1.807, 2.05) is 11.3 Å². The quantitative estimate of drug-likeness (QED) is 0.173. The maximum absolute atomic E-state index is 2.57. The van der Waals surface area contributed by atoms with Crippen molar-refractivity contribution in [3.05, 3.63) is 173 Å². The van der Waals surface area contributed by atoms with Crippen LogP contribution in [-0.2, 0) is 10.8 Å². The topological polar surface area (TPSA) is 3.24 Å². The minimum atomic E-state index is -0.0729. The van der Waals surface area contributed by atoms with Gasteiger partial charge in [-0.05, 0) is 165 Å². The highest BCUT2D eigenvalue weighted by Crippen LogP contribution is 2.77. The number of rotatable bonds is 4. The molecule has 6 unspecified atom stereocenters. The van der Waals surface area contributed by atoms with Gasteiger partial charge in [-0.1, -0.05) is 111 Å². The van der Waals surface area contributed by atoms with Crippen molar-refractivity contribution in [3.63, 3.8) is 0 Å². The van der Waals surface area contributed by atoms with Crippen LogP contribution < -0.4 is 4.90 Å². The van der Waals surface area contributed by atoms with Crippen molar-refractivity contribution >= 4 is 48.6 Å². The summed E-state index contributed by atoms with van der Waals surface area (Å²) in [6.45, 7) is 4.76. The molecule has 7 aliphatic carbocycles.